The smallest absolute Gasteiger partial charge is 0.310 e. The topological polar surface area (TPSA) is 63.7 Å². The van der Waals surface area contributed by atoms with Crippen LogP contribution in [0.3, 0.4) is 0 Å². The van der Waals surface area contributed by atoms with E-state index in [1.165, 1.54) is 25.7 Å². The molecule has 0 N–H and O–H groups in total. The lowest BCUT2D eigenvalue weighted by Gasteiger charge is -2.08. The van der Waals surface area contributed by atoms with E-state index < -0.39 is 11.9 Å². The molecule has 0 spiro atoms. The van der Waals surface area contributed by atoms with Crippen LogP contribution >= 0.6 is 0 Å². The Morgan fingerprint density at radius 1 is 1.20 bits per heavy atom. The summed E-state index contributed by atoms with van der Waals surface area (Å²) in [4.78, 5) is 31.5. The average Bonchev–Trinajstić information content (AvgIpc) is 2.02. The summed E-state index contributed by atoms with van der Waals surface area (Å²) >= 11 is 0. The van der Waals surface area contributed by atoms with Crippen molar-refractivity contribution >= 4 is 17.8 Å². The summed E-state index contributed by atoms with van der Waals surface area (Å²) in [5.41, 5.74) is 0. The molecular formula is C10H15NO4. The van der Waals surface area contributed by atoms with Gasteiger partial charge < -0.3 is 9.64 Å². The van der Waals surface area contributed by atoms with Crippen molar-refractivity contribution in [3.05, 3.63) is 0 Å². The third-order valence-electron chi connectivity index (χ3n) is 1.15. The number of hydrogen-bond acceptors (Lipinski definition) is 4. The van der Waals surface area contributed by atoms with Crippen molar-refractivity contribution in [2.75, 3.05) is 13.6 Å². The lowest BCUT2D eigenvalue weighted by atomic mass is 10.5. The van der Waals surface area contributed by atoms with Crippen LogP contribution in [0.2, 0.25) is 0 Å². The van der Waals surface area contributed by atoms with Gasteiger partial charge in [0.15, 0.2) is 0 Å². The molecule has 0 saturated carbocycles. The Hall–Kier alpha value is -1.83. The molecule has 0 aromatic carbocycles. The summed E-state index contributed by atoms with van der Waals surface area (Å²) < 4.78 is 3.97. The zero-order valence-electron chi connectivity index (χ0n) is 9.36. The van der Waals surface area contributed by atoms with E-state index in [2.05, 4.69) is 10.7 Å². The first-order valence-electron chi connectivity index (χ1n) is 4.15. The third kappa shape index (κ3) is 15.0. The monoisotopic (exact) mass is 213 g/mol. The number of terminal acetylenes is 1. The molecule has 15 heavy (non-hydrogen) atoms. The minimum absolute atomic E-state index is 0.00273. The maximum absolute atomic E-state index is 10.4. The second-order valence-electron chi connectivity index (χ2n) is 2.66. The van der Waals surface area contributed by atoms with E-state index in [-0.39, 0.29) is 5.91 Å². The second kappa shape index (κ2) is 8.75. The first-order chi connectivity index (χ1) is 6.81. The van der Waals surface area contributed by atoms with Gasteiger partial charge in [-0.15, -0.1) is 6.42 Å². The van der Waals surface area contributed by atoms with Crippen molar-refractivity contribution in [3.8, 4) is 12.3 Å². The number of hydrogen-bond donors (Lipinski definition) is 0. The summed E-state index contributed by atoms with van der Waals surface area (Å²) in [6.45, 7) is 4.25. The molecule has 0 aliphatic heterocycles. The fourth-order valence-electron chi connectivity index (χ4n) is 0.451. The fourth-order valence-corrected chi connectivity index (χ4v) is 0.451. The molecule has 0 heterocycles. The van der Waals surface area contributed by atoms with Crippen molar-refractivity contribution in [2.24, 2.45) is 0 Å². The van der Waals surface area contributed by atoms with E-state index in [0.29, 0.717) is 6.54 Å². The van der Waals surface area contributed by atoms with Crippen LogP contribution in [-0.2, 0) is 19.1 Å². The van der Waals surface area contributed by atoms with Gasteiger partial charge in [0.2, 0.25) is 5.91 Å². The van der Waals surface area contributed by atoms with E-state index in [4.69, 9.17) is 6.42 Å². The van der Waals surface area contributed by atoms with Gasteiger partial charge in [-0.3, -0.25) is 14.4 Å². The fraction of sp³-hybridized carbons (Fsp3) is 0.500. The summed E-state index contributed by atoms with van der Waals surface area (Å²) in [5.74, 6) is 1.23. The van der Waals surface area contributed by atoms with Gasteiger partial charge in [-0.25, -0.2) is 0 Å². The van der Waals surface area contributed by atoms with Gasteiger partial charge in [0.05, 0.1) is 6.54 Å². The molecule has 0 rings (SSSR count). The molecular weight excluding hydrogens is 198 g/mol. The van der Waals surface area contributed by atoms with Gasteiger partial charge in [0.25, 0.3) is 0 Å². The number of esters is 2. The molecule has 0 aromatic heterocycles. The number of amides is 1. The predicted molar refractivity (Wildman–Crippen MR) is 54.6 cm³/mol. The van der Waals surface area contributed by atoms with Crippen molar-refractivity contribution in [1.82, 2.24) is 4.90 Å². The molecule has 84 valence electrons. The van der Waals surface area contributed by atoms with Gasteiger partial charge >= 0.3 is 11.9 Å². The van der Waals surface area contributed by atoms with Crippen LogP contribution in [-0.4, -0.2) is 36.3 Å². The molecule has 5 nitrogen and oxygen atoms in total. The lowest BCUT2D eigenvalue weighted by molar-refractivity contribution is -0.156. The quantitative estimate of drug-likeness (QED) is 0.354. The molecule has 0 atom stereocenters. The molecule has 0 radical (unpaired) electrons. The van der Waals surface area contributed by atoms with E-state index in [1.54, 1.807) is 7.05 Å². The highest BCUT2D eigenvalue weighted by molar-refractivity contribution is 5.82. The number of nitrogens with zero attached hydrogens (tertiary/aromatic N) is 1. The Morgan fingerprint density at radius 2 is 1.60 bits per heavy atom. The summed E-state index contributed by atoms with van der Waals surface area (Å²) in [6, 6.07) is 0. The van der Waals surface area contributed by atoms with Crippen LogP contribution in [0.5, 0.6) is 0 Å². The highest BCUT2D eigenvalue weighted by Crippen LogP contribution is 1.78. The van der Waals surface area contributed by atoms with Gasteiger partial charge in [0, 0.05) is 27.8 Å². The normalized spacial score (nSPS) is 7.67. The third-order valence-corrected chi connectivity index (χ3v) is 1.15. The van der Waals surface area contributed by atoms with Gasteiger partial charge in [-0.2, -0.15) is 0 Å². The van der Waals surface area contributed by atoms with Gasteiger partial charge in [-0.1, -0.05) is 5.92 Å². The molecule has 5 heteroatoms. The SMILES string of the molecule is C#CCN(C)C(C)=O.CC(=O)OC(C)=O. The van der Waals surface area contributed by atoms with Crippen LogP contribution < -0.4 is 0 Å². The lowest BCUT2D eigenvalue weighted by Crippen LogP contribution is -2.23. The van der Waals surface area contributed by atoms with E-state index >= 15 is 0 Å². The van der Waals surface area contributed by atoms with E-state index in [1.807, 2.05) is 0 Å². The largest absolute Gasteiger partial charge is 0.394 e. The minimum atomic E-state index is -0.562. The maximum atomic E-state index is 10.4. The van der Waals surface area contributed by atoms with Crippen molar-refractivity contribution < 1.29 is 19.1 Å². The Morgan fingerprint density at radius 3 is 1.67 bits per heavy atom. The van der Waals surface area contributed by atoms with Crippen LogP contribution in [0.1, 0.15) is 20.8 Å². The highest BCUT2D eigenvalue weighted by atomic mass is 16.6. The van der Waals surface area contributed by atoms with Crippen LogP contribution in [0.25, 0.3) is 0 Å². The number of ether oxygens (including phenoxy) is 1. The minimum Gasteiger partial charge on any atom is -0.394 e. The molecule has 0 bridgehead atoms. The zero-order valence-corrected chi connectivity index (χ0v) is 9.36. The molecule has 0 aromatic rings. The first-order valence-corrected chi connectivity index (χ1v) is 4.15. The Balaban J connectivity index is 0. The number of rotatable bonds is 1. The average molecular weight is 213 g/mol. The van der Waals surface area contributed by atoms with Crippen LogP contribution in [0.15, 0.2) is 0 Å². The first kappa shape index (κ1) is 15.6. The Kier molecular flexibility index (Phi) is 9.12. The van der Waals surface area contributed by atoms with Crippen molar-refractivity contribution in [3.63, 3.8) is 0 Å². The predicted octanol–water partition coefficient (Wildman–Crippen LogP) is 0.194. The van der Waals surface area contributed by atoms with Crippen molar-refractivity contribution in [1.29, 1.82) is 0 Å². The molecule has 0 aliphatic carbocycles. The molecule has 1 amide bonds. The Labute approximate surface area is 89.4 Å². The van der Waals surface area contributed by atoms with Crippen LogP contribution in [0.4, 0.5) is 0 Å². The molecule has 0 unspecified atom stereocenters. The summed E-state index contributed by atoms with van der Waals surface area (Å²) in [5, 5.41) is 0. The number of carbonyl (C=O) groups excluding carboxylic acids is 3. The standard InChI is InChI=1S/C6H9NO.C4H6O3/c1-4-5-7(3)6(2)8;1-3(5)7-4(2)6/h1H,5H2,2-3H3;1-2H3. The summed E-state index contributed by atoms with van der Waals surface area (Å²) in [7, 11) is 1.67. The molecule has 0 aliphatic rings. The van der Waals surface area contributed by atoms with Gasteiger partial charge in [-0.05, 0) is 0 Å². The van der Waals surface area contributed by atoms with Crippen LogP contribution in [0, 0.1) is 12.3 Å². The number of carbonyl (C=O) groups is 3. The molecule has 0 saturated heterocycles. The Bertz CT molecular complexity index is 266. The molecule has 0 fully saturated rings. The summed E-state index contributed by atoms with van der Waals surface area (Å²) in [6.07, 6.45) is 4.92. The second-order valence-corrected chi connectivity index (χ2v) is 2.66. The maximum Gasteiger partial charge on any atom is 0.310 e. The highest BCUT2D eigenvalue weighted by Gasteiger charge is 1.95. The van der Waals surface area contributed by atoms with E-state index in [0.717, 1.165) is 0 Å². The van der Waals surface area contributed by atoms with E-state index in [9.17, 15) is 14.4 Å². The van der Waals surface area contributed by atoms with Crippen molar-refractivity contribution in [2.45, 2.75) is 20.8 Å². The van der Waals surface area contributed by atoms with Gasteiger partial charge in [0.1, 0.15) is 0 Å². The zero-order chi connectivity index (χ0) is 12.4.